The lowest BCUT2D eigenvalue weighted by Gasteiger charge is -2.37. The highest BCUT2D eigenvalue weighted by Gasteiger charge is 2.25. The molecule has 3 N–H and O–H groups in total. The Labute approximate surface area is 194 Å². The van der Waals surface area contributed by atoms with Gasteiger partial charge < -0.3 is 16.0 Å². The van der Waals surface area contributed by atoms with Crippen molar-refractivity contribution in [2.24, 2.45) is 11.7 Å². The molecule has 0 saturated carbocycles. The van der Waals surface area contributed by atoms with Crippen LogP contribution in [0.5, 0.6) is 0 Å². The SMILES string of the molecule is CCc1cccc(F)c1-c1nc(C(C)Nc2cnccc2N2C[C@H](C)C[C@H](N)C2)ccc1F. The number of anilines is 2. The van der Waals surface area contributed by atoms with Gasteiger partial charge in [0.1, 0.15) is 17.3 Å². The Balaban J connectivity index is 1.64. The summed E-state index contributed by atoms with van der Waals surface area (Å²) in [5.74, 6) is -0.505. The molecule has 4 rings (SSSR count). The molecule has 5 nitrogen and oxygen atoms in total. The molecule has 7 heteroatoms. The molecule has 0 radical (unpaired) electrons. The maximum Gasteiger partial charge on any atom is 0.149 e. The summed E-state index contributed by atoms with van der Waals surface area (Å²) in [6.45, 7) is 7.78. The third-order valence-electron chi connectivity index (χ3n) is 6.23. The lowest BCUT2D eigenvalue weighted by atomic mass is 9.96. The van der Waals surface area contributed by atoms with Crippen molar-refractivity contribution in [1.82, 2.24) is 9.97 Å². The van der Waals surface area contributed by atoms with E-state index in [9.17, 15) is 8.78 Å². The minimum atomic E-state index is -0.538. The van der Waals surface area contributed by atoms with E-state index in [1.165, 1.54) is 12.1 Å². The van der Waals surface area contributed by atoms with Gasteiger partial charge in [0.2, 0.25) is 0 Å². The van der Waals surface area contributed by atoms with E-state index in [-0.39, 0.29) is 23.3 Å². The zero-order chi connectivity index (χ0) is 23.5. The van der Waals surface area contributed by atoms with Crippen LogP contribution in [0.15, 0.2) is 48.8 Å². The minimum absolute atomic E-state index is 0.0401. The first-order valence-corrected chi connectivity index (χ1v) is 11.5. The van der Waals surface area contributed by atoms with Gasteiger partial charge in [0.25, 0.3) is 0 Å². The van der Waals surface area contributed by atoms with E-state index in [0.29, 0.717) is 18.0 Å². The molecule has 1 fully saturated rings. The summed E-state index contributed by atoms with van der Waals surface area (Å²) in [6, 6.07) is 9.64. The normalized spacial score (nSPS) is 19.4. The summed E-state index contributed by atoms with van der Waals surface area (Å²) in [5.41, 5.74) is 9.77. The van der Waals surface area contributed by atoms with Crippen LogP contribution in [-0.4, -0.2) is 29.1 Å². The highest BCUT2D eigenvalue weighted by Crippen LogP contribution is 2.33. The second-order valence-corrected chi connectivity index (χ2v) is 8.96. The molecule has 33 heavy (non-hydrogen) atoms. The first-order chi connectivity index (χ1) is 15.9. The Morgan fingerprint density at radius 2 is 1.97 bits per heavy atom. The van der Waals surface area contributed by atoms with E-state index in [1.807, 2.05) is 19.9 Å². The molecule has 0 aliphatic carbocycles. The Hall–Kier alpha value is -3.06. The number of benzene rings is 1. The fraction of sp³-hybridized carbons (Fsp3) is 0.385. The van der Waals surface area contributed by atoms with Crippen molar-refractivity contribution >= 4 is 11.4 Å². The van der Waals surface area contributed by atoms with Crippen LogP contribution in [0, 0.1) is 17.6 Å². The van der Waals surface area contributed by atoms with Crippen molar-refractivity contribution in [2.45, 2.75) is 45.7 Å². The molecule has 0 spiro atoms. The molecular weight excluding hydrogens is 420 g/mol. The zero-order valence-electron chi connectivity index (χ0n) is 19.4. The molecule has 3 atom stereocenters. The Kier molecular flexibility index (Phi) is 6.88. The number of halogens is 2. The van der Waals surface area contributed by atoms with E-state index in [4.69, 9.17) is 5.73 Å². The van der Waals surface area contributed by atoms with Gasteiger partial charge >= 0.3 is 0 Å². The number of aryl methyl sites for hydroxylation is 1. The van der Waals surface area contributed by atoms with Gasteiger partial charge in [-0.1, -0.05) is 26.0 Å². The predicted molar refractivity (Wildman–Crippen MR) is 129 cm³/mol. The molecule has 2 aromatic heterocycles. The molecule has 174 valence electrons. The molecule has 0 bridgehead atoms. The number of pyridine rings is 2. The number of rotatable bonds is 6. The molecule has 1 aliphatic heterocycles. The van der Waals surface area contributed by atoms with Gasteiger partial charge in [-0.15, -0.1) is 0 Å². The van der Waals surface area contributed by atoms with Crippen LogP contribution in [0.25, 0.3) is 11.3 Å². The van der Waals surface area contributed by atoms with Gasteiger partial charge in [-0.2, -0.15) is 0 Å². The number of nitrogens with one attached hydrogen (secondary N) is 1. The monoisotopic (exact) mass is 451 g/mol. The fourth-order valence-corrected chi connectivity index (χ4v) is 4.68. The fourth-order valence-electron chi connectivity index (χ4n) is 4.68. The second-order valence-electron chi connectivity index (χ2n) is 8.96. The first-order valence-electron chi connectivity index (χ1n) is 11.5. The highest BCUT2D eigenvalue weighted by atomic mass is 19.1. The van der Waals surface area contributed by atoms with E-state index < -0.39 is 11.6 Å². The number of nitrogens with two attached hydrogens (primary N) is 1. The molecular formula is C26H31F2N5. The van der Waals surface area contributed by atoms with Gasteiger partial charge in [0.05, 0.1) is 29.3 Å². The second kappa shape index (κ2) is 9.83. The summed E-state index contributed by atoms with van der Waals surface area (Å²) >= 11 is 0. The van der Waals surface area contributed by atoms with E-state index in [2.05, 4.69) is 27.1 Å². The number of aromatic nitrogens is 2. The third-order valence-corrected chi connectivity index (χ3v) is 6.23. The third kappa shape index (κ3) is 4.98. The largest absolute Gasteiger partial charge is 0.374 e. The Morgan fingerprint density at radius 1 is 1.15 bits per heavy atom. The van der Waals surface area contributed by atoms with Crippen molar-refractivity contribution in [3.05, 3.63) is 71.7 Å². The van der Waals surface area contributed by atoms with Crippen molar-refractivity contribution in [3.63, 3.8) is 0 Å². The molecule has 1 aromatic carbocycles. The first kappa shape index (κ1) is 23.1. The maximum atomic E-state index is 14.7. The number of hydrogen-bond acceptors (Lipinski definition) is 5. The predicted octanol–water partition coefficient (Wildman–Crippen LogP) is 5.33. The van der Waals surface area contributed by atoms with Gasteiger partial charge in [0, 0.05) is 30.9 Å². The topological polar surface area (TPSA) is 67.1 Å². The number of hydrogen-bond donors (Lipinski definition) is 2. The van der Waals surface area contributed by atoms with Crippen LogP contribution < -0.4 is 16.0 Å². The summed E-state index contributed by atoms with van der Waals surface area (Å²) in [6.07, 6.45) is 5.16. The molecule has 3 heterocycles. The van der Waals surface area contributed by atoms with Crippen LogP contribution in [0.2, 0.25) is 0 Å². The van der Waals surface area contributed by atoms with Crippen LogP contribution in [-0.2, 0) is 6.42 Å². The Morgan fingerprint density at radius 3 is 2.73 bits per heavy atom. The van der Waals surface area contributed by atoms with Crippen molar-refractivity contribution in [3.8, 4) is 11.3 Å². The quantitative estimate of drug-likeness (QED) is 0.530. The summed E-state index contributed by atoms with van der Waals surface area (Å²) in [7, 11) is 0. The van der Waals surface area contributed by atoms with Gasteiger partial charge in [-0.05, 0) is 55.5 Å². The van der Waals surface area contributed by atoms with Crippen molar-refractivity contribution in [1.29, 1.82) is 0 Å². The lowest BCUT2D eigenvalue weighted by Crippen LogP contribution is -2.46. The highest BCUT2D eigenvalue weighted by molar-refractivity contribution is 5.70. The van der Waals surface area contributed by atoms with E-state index in [1.54, 1.807) is 30.6 Å². The van der Waals surface area contributed by atoms with E-state index in [0.717, 1.165) is 36.4 Å². The van der Waals surface area contributed by atoms with Gasteiger partial charge in [-0.3, -0.25) is 4.98 Å². The summed E-state index contributed by atoms with van der Waals surface area (Å²) < 4.78 is 29.4. The van der Waals surface area contributed by atoms with Crippen LogP contribution >= 0.6 is 0 Å². The smallest absolute Gasteiger partial charge is 0.149 e. The average molecular weight is 452 g/mol. The van der Waals surface area contributed by atoms with Gasteiger partial charge in [0.15, 0.2) is 0 Å². The van der Waals surface area contributed by atoms with Gasteiger partial charge in [-0.25, -0.2) is 13.8 Å². The zero-order valence-corrected chi connectivity index (χ0v) is 19.4. The maximum absolute atomic E-state index is 14.7. The number of nitrogens with zero attached hydrogens (tertiary/aromatic N) is 3. The molecule has 1 saturated heterocycles. The Bertz CT molecular complexity index is 1110. The molecule has 1 unspecified atom stereocenters. The number of piperidine rings is 1. The van der Waals surface area contributed by atoms with Crippen molar-refractivity contribution < 1.29 is 8.78 Å². The van der Waals surface area contributed by atoms with Crippen LogP contribution in [0.4, 0.5) is 20.2 Å². The summed E-state index contributed by atoms with van der Waals surface area (Å²) in [4.78, 5) is 11.1. The summed E-state index contributed by atoms with van der Waals surface area (Å²) in [5, 5.41) is 3.47. The standard InChI is InChI=1S/C26H31F2N5/c1-4-18-6-5-7-20(27)25(18)26-21(28)8-9-22(32-26)17(3)31-23-13-30-11-10-24(23)33-14-16(2)12-19(29)15-33/h5-11,13,16-17,19,31H,4,12,14-15,29H2,1-3H3/t16-,17?,19+/m1/s1. The molecule has 1 aliphatic rings. The van der Waals surface area contributed by atoms with Crippen LogP contribution in [0.1, 0.15) is 44.5 Å². The molecule has 0 amide bonds. The molecule has 3 aromatic rings. The minimum Gasteiger partial charge on any atom is -0.374 e. The average Bonchev–Trinajstić information content (AvgIpc) is 2.79. The lowest BCUT2D eigenvalue weighted by molar-refractivity contribution is 0.402. The van der Waals surface area contributed by atoms with E-state index >= 15 is 0 Å². The van der Waals surface area contributed by atoms with Crippen molar-refractivity contribution in [2.75, 3.05) is 23.3 Å². The van der Waals surface area contributed by atoms with Crippen LogP contribution in [0.3, 0.4) is 0 Å².